The third kappa shape index (κ3) is 5.32. The van der Waals surface area contributed by atoms with Crippen LogP contribution in [0.4, 0.5) is 5.13 Å². The first-order chi connectivity index (χ1) is 20.2. The van der Waals surface area contributed by atoms with Crippen molar-refractivity contribution in [1.82, 2.24) is 10.2 Å². The fourth-order valence-electron chi connectivity index (χ4n) is 5.25. The van der Waals surface area contributed by atoms with Gasteiger partial charge in [-0.15, -0.1) is 10.2 Å². The zero-order valence-corrected chi connectivity index (χ0v) is 25.6. The number of fused-ring (bicyclic) bond motifs is 1. The van der Waals surface area contributed by atoms with Crippen molar-refractivity contribution >= 4 is 57.3 Å². The molecule has 1 fully saturated rings. The Morgan fingerprint density at radius 3 is 2.62 bits per heavy atom. The summed E-state index contributed by atoms with van der Waals surface area (Å²) in [6.07, 6.45) is 0.731. The van der Waals surface area contributed by atoms with Crippen LogP contribution in [0.1, 0.15) is 60.5 Å². The summed E-state index contributed by atoms with van der Waals surface area (Å²) in [4.78, 5) is 28.6. The van der Waals surface area contributed by atoms with Gasteiger partial charge in [0.05, 0.1) is 11.6 Å². The number of carbonyl (C=O) groups is 2. The van der Waals surface area contributed by atoms with Crippen LogP contribution in [0, 0.1) is 0 Å². The lowest BCUT2D eigenvalue weighted by Crippen LogP contribution is -2.29. The van der Waals surface area contributed by atoms with Crippen LogP contribution in [0.2, 0.25) is 5.02 Å². The molecule has 1 N–H and O–H groups in total. The second-order valence-electron chi connectivity index (χ2n) is 10.7. The molecular weight excluding hydrogens is 590 g/mol. The van der Waals surface area contributed by atoms with Gasteiger partial charge < -0.3 is 9.84 Å². The average molecular weight is 618 g/mol. The lowest BCUT2D eigenvalue weighted by atomic mass is 9.93. The van der Waals surface area contributed by atoms with Gasteiger partial charge in [0.2, 0.25) is 5.13 Å². The third-order valence-corrected chi connectivity index (χ3v) is 9.92. The molecule has 7 nitrogen and oxygen atoms in total. The first-order valence-corrected chi connectivity index (χ1v) is 15.8. The Balaban J connectivity index is 1.40. The average Bonchev–Trinajstić information content (AvgIpc) is 3.67. The largest absolute Gasteiger partial charge is 0.507 e. The highest BCUT2D eigenvalue weighted by Crippen LogP contribution is 2.45. The number of rotatable bonds is 7. The number of hydrogen-bond acceptors (Lipinski definition) is 8. The van der Waals surface area contributed by atoms with Crippen molar-refractivity contribution in [2.75, 3.05) is 4.90 Å². The van der Waals surface area contributed by atoms with E-state index < -0.39 is 17.7 Å². The molecule has 6 rings (SSSR count). The third-order valence-electron chi connectivity index (χ3n) is 7.44. The number of aromatic nitrogens is 2. The Morgan fingerprint density at radius 2 is 1.88 bits per heavy atom. The van der Waals surface area contributed by atoms with E-state index >= 15 is 0 Å². The van der Waals surface area contributed by atoms with Crippen molar-refractivity contribution in [3.8, 4) is 5.75 Å². The lowest BCUT2D eigenvalue weighted by Gasteiger charge is -2.23. The van der Waals surface area contributed by atoms with Crippen molar-refractivity contribution in [2.45, 2.75) is 55.3 Å². The Hall–Kier alpha value is -3.66. The number of ketones is 1. The summed E-state index contributed by atoms with van der Waals surface area (Å²) in [5, 5.41) is 21.1. The van der Waals surface area contributed by atoms with Crippen LogP contribution in [0.25, 0.3) is 5.76 Å². The van der Waals surface area contributed by atoms with Gasteiger partial charge in [0.1, 0.15) is 17.6 Å². The minimum Gasteiger partial charge on any atom is -0.507 e. The van der Waals surface area contributed by atoms with E-state index in [9.17, 15) is 14.7 Å². The number of benzene rings is 3. The van der Waals surface area contributed by atoms with Crippen LogP contribution in [-0.4, -0.2) is 33.1 Å². The summed E-state index contributed by atoms with van der Waals surface area (Å²) in [6.45, 7) is 6.18. The monoisotopic (exact) mass is 617 g/mol. The highest BCUT2D eigenvalue weighted by Gasteiger charge is 2.48. The summed E-state index contributed by atoms with van der Waals surface area (Å²) in [5.41, 5.74) is 4.20. The van der Waals surface area contributed by atoms with Crippen molar-refractivity contribution in [1.29, 1.82) is 0 Å². The summed E-state index contributed by atoms with van der Waals surface area (Å²) < 4.78 is 6.44. The van der Waals surface area contributed by atoms with E-state index in [2.05, 4.69) is 24.0 Å². The Kier molecular flexibility index (Phi) is 7.83. The molecule has 4 aromatic rings. The number of anilines is 1. The van der Waals surface area contributed by atoms with E-state index in [1.54, 1.807) is 12.1 Å². The van der Waals surface area contributed by atoms with Crippen LogP contribution in [-0.2, 0) is 21.8 Å². The fraction of sp³-hybridized carbons (Fsp3) is 0.250. The number of nitrogens with zero attached hydrogens (tertiary/aromatic N) is 3. The molecule has 0 radical (unpaired) electrons. The number of amides is 1. The van der Waals surface area contributed by atoms with Gasteiger partial charge in [-0.05, 0) is 59.4 Å². The van der Waals surface area contributed by atoms with E-state index in [1.165, 1.54) is 28.0 Å². The summed E-state index contributed by atoms with van der Waals surface area (Å²) in [6, 6.07) is 19.8. The van der Waals surface area contributed by atoms with Gasteiger partial charge in [-0.2, -0.15) is 0 Å². The van der Waals surface area contributed by atoms with Gasteiger partial charge in [-0.3, -0.25) is 14.5 Å². The van der Waals surface area contributed by atoms with Gasteiger partial charge >= 0.3 is 5.91 Å². The number of halogens is 1. The molecule has 1 amide bonds. The van der Waals surface area contributed by atoms with Gasteiger partial charge in [-0.25, -0.2) is 0 Å². The molecule has 2 aliphatic rings. The first kappa shape index (κ1) is 28.5. The van der Waals surface area contributed by atoms with Crippen molar-refractivity contribution in [2.24, 2.45) is 0 Å². The maximum absolute atomic E-state index is 13.6. The SMILES string of the molecule is CC(C)c1ccc([C@H]2/C(=C(\O)c3ccc4c(c3)C[C@H](C)O4)C(=O)C(=O)N2c2nnc(SCc3ccccc3Cl)s2)cc1. The molecule has 1 aromatic heterocycles. The minimum absolute atomic E-state index is 0.0182. The molecular formula is C32H28ClN3O4S2. The van der Waals surface area contributed by atoms with Gasteiger partial charge in [0.25, 0.3) is 5.78 Å². The molecule has 3 heterocycles. The molecule has 0 unspecified atom stereocenters. The van der Waals surface area contributed by atoms with Crippen LogP contribution in [0.3, 0.4) is 0 Å². The number of hydrogen-bond donors (Lipinski definition) is 1. The Labute approximate surface area is 257 Å². The summed E-state index contributed by atoms with van der Waals surface area (Å²) in [5.74, 6) is -0.108. The molecule has 0 aliphatic carbocycles. The molecule has 2 aliphatic heterocycles. The van der Waals surface area contributed by atoms with Gasteiger partial charge in [-0.1, -0.05) is 91.0 Å². The van der Waals surface area contributed by atoms with Crippen LogP contribution >= 0.6 is 34.7 Å². The smallest absolute Gasteiger partial charge is 0.301 e. The Morgan fingerprint density at radius 1 is 1.12 bits per heavy atom. The highest BCUT2D eigenvalue weighted by molar-refractivity contribution is 8.00. The first-order valence-electron chi connectivity index (χ1n) is 13.6. The Bertz CT molecular complexity index is 1720. The zero-order chi connectivity index (χ0) is 29.5. The van der Waals surface area contributed by atoms with E-state index in [4.69, 9.17) is 16.3 Å². The number of carbonyl (C=O) groups excluding carboxylic acids is 2. The molecule has 1 saturated heterocycles. The molecule has 2 atom stereocenters. The molecule has 0 saturated carbocycles. The predicted octanol–water partition coefficient (Wildman–Crippen LogP) is 7.56. The quantitative estimate of drug-likeness (QED) is 0.0752. The lowest BCUT2D eigenvalue weighted by molar-refractivity contribution is -0.132. The second kappa shape index (κ2) is 11.6. The van der Waals surface area contributed by atoms with E-state index in [1.807, 2.05) is 61.5 Å². The predicted molar refractivity (Wildman–Crippen MR) is 166 cm³/mol. The molecule has 214 valence electrons. The minimum atomic E-state index is -0.871. The highest BCUT2D eigenvalue weighted by atomic mass is 35.5. The normalized spacial score (nSPS) is 19.4. The topological polar surface area (TPSA) is 92.6 Å². The maximum Gasteiger partial charge on any atom is 0.301 e. The molecule has 10 heteroatoms. The van der Waals surface area contributed by atoms with Crippen molar-refractivity contribution < 1.29 is 19.4 Å². The van der Waals surface area contributed by atoms with Crippen LogP contribution in [0.15, 0.2) is 76.6 Å². The number of aliphatic hydroxyl groups is 1. The fourth-order valence-corrected chi connectivity index (χ4v) is 7.40. The number of aliphatic hydroxyl groups excluding tert-OH is 1. The van der Waals surface area contributed by atoms with Crippen molar-refractivity contribution in [3.63, 3.8) is 0 Å². The van der Waals surface area contributed by atoms with Crippen LogP contribution in [0.5, 0.6) is 5.75 Å². The summed E-state index contributed by atoms with van der Waals surface area (Å²) in [7, 11) is 0. The number of thioether (sulfide) groups is 1. The van der Waals surface area contributed by atoms with E-state index in [-0.39, 0.29) is 22.6 Å². The molecule has 0 bridgehead atoms. The number of ether oxygens (including phenoxy) is 1. The molecule has 42 heavy (non-hydrogen) atoms. The molecule has 3 aromatic carbocycles. The second-order valence-corrected chi connectivity index (χ2v) is 13.3. The zero-order valence-electron chi connectivity index (χ0n) is 23.2. The van der Waals surface area contributed by atoms with Gasteiger partial charge in [0, 0.05) is 22.8 Å². The standard InChI is InChI=1S/C32H28ClN3O4S2/c1-17(2)19-8-10-20(11-9-19)27-26(28(37)21-12-13-25-23(15-21)14-18(3)40-25)29(38)30(39)36(27)31-34-35-32(42-31)41-16-22-6-4-5-7-24(22)33/h4-13,15,17-18,27,37H,14,16H2,1-3H3/b28-26+/t18-,27-/m0/s1. The number of Topliss-reactive ketones (excluding diaryl/α,β-unsaturated/α-hetero) is 1. The van der Waals surface area contributed by atoms with E-state index in [0.717, 1.165) is 22.4 Å². The maximum atomic E-state index is 13.6. The van der Waals surface area contributed by atoms with E-state index in [0.29, 0.717) is 38.6 Å². The van der Waals surface area contributed by atoms with Gasteiger partial charge in [0.15, 0.2) is 4.34 Å². The molecule has 0 spiro atoms. The van der Waals surface area contributed by atoms with Crippen LogP contribution < -0.4 is 9.64 Å². The van der Waals surface area contributed by atoms with Crippen molar-refractivity contribution in [3.05, 3.63) is 105 Å². The summed E-state index contributed by atoms with van der Waals surface area (Å²) >= 11 is 8.99.